The molecule has 0 bridgehead atoms. The average molecular weight is 632 g/mol. The molecule has 0 aliphatic carbocycles. The van der Waals surface area contributed by atoms with Gasteiger partial charge in [-0.1, -0.05) is 115 Å². The number of para-hydroxylation sites is 1. The molecule has 0 aliphatic heterocycles. The molecule has 0 spiro atoms. The SMILES string of the molecule is c1ccc(-c2cc3ccccc3cc2-c2nc(-c3ccc4c(c3)sc3ccccc34)nc(-c3cccc4oc5ccccc5c34)n2)cc1. The van der Waals surface area contributed by atoms with Crippen LogP contribution in [0.4, 0.5) is 0 Å². The van der Waals surface area contributed by atoms with Crippen LogP contribution in [-0.2, 0) is 0 Å². The van der Waals surface area contributed by atoms with Crippen LogP contribution in [0.2, 0.25) is 0 Å². The van der Waals surface area contributed by atoms with Crippen molar-refractivity contribution in [3.8, 4) is 45.3 Å². The van der Waals surface area contributed by atoms with Crippen LogP contribution in [0, 0.1) is 0 Å². The Bertz CT molecular complexity index is 2850. The summed E-state index contributed by atoms with van der Waals surface area (Å²) in [6, 6.07) is 52.7. The van der Waals surface area contributed by atoms with Gasteiger partial charge in [0.15, 0.2) is 17.5 Å². The quantitative estimate of drug-likeness (QED) is 0.194. The van der Waals surface area contributed by atoms with Crippen molar-refractivity contribution in [3.05, 3.63) is 152 Å². The van der Waals surface area contributed by atoms with E-state index in [4.69, 9.17) is 19.4 Å². The van der Waals surface area contributed by atoms with Gasteiger partial charge in [-0.25, -0.2) is 15.0 Å². The van der Waals surface area contributed by atoms with Gasteiger partial charge in [0.1, 0.15) is 11.2 Å². The summed E-state index contributed by atoms with van der Waals surface area (Å²) in [6.45, 7) is 0. The summed E-state index contributed by atoms with van der Waals surface area (Å²) in [4.78, 5) is 15.7. The molecule has 0 saturated heterocycles. The third-order valence-electron chi connectivity index (χ3n) is 9.13. The number of thiophene rings is 1. The van der Waals surface area contributed by atoms with Gasteiger partial charge in [0.2, 0.25) is 0 Å². The van der Waals surface area contributed by atoms with Gasteiger partial charge < -0.3 is 4.42 Å². The topological polar surface area (TPSA) is 51.8 Å². The molecule has 7 aromatic carbocycles. The second-order valence-electron chi connectivity index (χ2n) is 12.0. The van der Waals surface area contributed by atoms with Crippen molar-refractivity contribution < 1.29 is 4.42 Å². The number of hydrogen-bond donors (Lipinski definition) is 0. The lowest BCUT2D eigenvalue weighted by Gasteiger charge is -2.14. The summed E-state index contributed by atoms with van der Waals surface area (Å²) in [7, 11) is 0. The van der Waals surface area contributed by atoms with Crippen LogP contribution in [0.5, 0.6) is 0 Å². The fourth-order valence-corrected chi connectivity index (χ4v) is 8.00. The van der Waals surface area contributed by atoms with Gasteiger partial charge in [-0.2, -0.15) is 0 Å². The van der Waals surface area contributed by atoms with Crippen molar-refractivity contribution in [1.82, 2.24) is 15.0 Å². The maximum atomic E-state index is 6.28. The fraction of sp³-hybridized carbons (Fsp3) is 0. The highest BCUT2D eigenvalue weighted by atomic mass is 32.1. The molecular formula is C43H25N3OS. The Morgan fingerprint density at radius 2 is 1.04 bits per heavy atom. The Labute approximate surface area is 279 Å². The number of benzene rings is 7. The summed E-state index contributed by atoms with van der Waals surface area (Å²) >= 11 is 1.79. The first-order chi connectivity index (χ1) is 23.8. The zero-order valence-corrected chi connectivity index (χ0v) is 26.4. The standard InChI is InChI=1S/C43H25N3OS/c1-2-11-26(12-3-1)34-23-27-13-4-5-14-28(27)24-35(34)43-45-41(29-21-22-31-30-15-7-9-20-38(30)48-39(31)25-29)44-42(46-43)33-17-10-19-37-40(33)32-16-6-8-18-36(32)47-37/h1-25H. The zero-order chi connectivity index (χ0) is 31.6. The highest BCUT2D eigenvalue weighted by Crippen LogP contribution is 2.40. The molecule has 3 aromatic heterocycles. The molecule has 10 aromatic rings. The molecule has 224 valence electrons. The number of rotatable bonds is 4. The number of aromatic nitrogens is 3. The Balaban J connectivity index is 1.27. The number of nitrogens with zero attached hydrogens (tertiary/aromatic N) is 3. The monoisotopic (exact) mass is 631 g/mol. The lowest BCUT2D eigenvalue weighted by Crippen LogP contribution is -2.01. The maximum Gasteiger partial charge on any atom is 0.164 e. The van der Waals surface area contributed by atoms with Gasteiger partial charge in [-0.05, 0) is 58.3 Å². The molecule has 10 rings (SSSR count). The normalized spacial score (nSPS) is 11.8. The van der Waals surface area contributed by atoms with Crippen LogP contribution < -0.4 is 0 Å². The van der Waals surface area contributed by atoms with E-state index < -0.39 is 0 Å². The molecule has 0 radical (unpaired) electrons. The number of furan rings is 1. The summed E-state index contributed by atoms with van der Waals surface area (Å²) in [5.41, 5.74) is 6.64. The molecule has 0 aliphatic rings. The summed E-state index contributed by atoms with van der Waals surface area (Å²) in [5, 5.41) is 6.84. The molecule has 0 atom stereocenters. The lowest BCUT2D eigenvalue weighted by molar-refractivity contribution is 0.669. The van der Waals surface area contributed by atoms with Crippen LogP contribution in [-0.4, -0.2) is 15.0 Å². The van der Waals surface area contributed by atoms with E-state index >= 15 is 0 Å². The van der Waals surface area contributed by atoms with Gasteiger partial charge >= 0.3 is 0 Å². The van der Waals surface area contributed by atoms with E-state index in [0.29, 0.717) is 17.5 Å². The van der Waals surface area contributed by atoms with E-state index in [-0.39, 0.29) is 0 Å². The van der Waals surface area contributed by atoms with Crippen molar-refractivity contribution in [2.45, 2.75) is 0 Å². The minimum Gasteiger partial charge on any atom is -0.456 e. The van der Waals surface area contributed by atoms with E-state index in [0.717, 1.165) is 55.1 Å². The summed E-state index contributed by atoms with van der Waals surface area (Å²) < 4.78 is 8.75. The van der Waals surface area contributed by atoms with Crippen LogP contribution in [0.15, 0.2) is 156 Å². The molecular weight excluding hydrogens is 607 g/mol. The van der Waals surface area contributed by atoms with Crippen LogP contribution in [0.1, 0.15) is 0 Å². The van der Waals surface area contributed by atoms with E-state index in [9.17, 15) is 0 Å². The van der Waals surface area contributed by atoms with E-state index in [1.165, 1.54) is 25.6 Å². The Morgan fingerprint density at radius 3 is 1.90 bits per heavy atom. The van der Waals surface area contributed by atoms with E-state index in [2.05, 4.69) is 115 Å². The first kappa shape index (κ1) is 27.0. The molecule has 4 nitrogen and oxygen atoms in total. The van der Waals surface area contributed by atoms with Crippen molar-refractivity contribution in [2.75, 3.05) is 0 Å². The van der Waals surface area contributed by atoms with Gasteiger partial charge in [-0.15, -0.1) is 11.3 Å². The number of hydrogen-bond acceptors (Lipinski definition) is 5. The van der Waals surface area contributed by atoms with E-state index in [1.54, 1.807) is 11.3 Å². The average Bonchev–Trinajstić information content (AvgIpc) is 3.72. The van der Waals surface area contributed by atoms with Crippen LogP contribution >= 0.6 is 11.3 Å². The lowest BCUT2D eigenvalue weighted by atomic mass is 9.95. The predicted molar refractivity (Wildman–Crippen MR) is 199 cm³/mol. The van der Waals surface area contributed by atoms with Crippen LogP contribution in [0.3, 0.4) is 0 Å². The molecule has 0 fully saturated rings. The predicted octanol–water partition coefficient (Wildman–Crippen LogP) is 12.0. The Morgan fingerprint density at radius 1 is 0.396 bits per heavy atom. The Hall–Kier alpha value is -6.17. The van der Waals surface area contributed by atoms with E-state index in [1.807, 2.05) is 36.4 Å². The smallest absolute Gasteiger partial charge is 0.164 e. The second-order valence-corrected chi connectivity index (χ2v) is 13.1. The van der Waals surface area contributed by atoms with Crippen molar-refractivity contribution >= 4 is 64.2 Å². The van der Waals surface area contributed by atoms with Gasteiger partial charge in [-0.3, -0.25) is 0 Å². The first-order valence-corrected chi connectivity index (χ1v) is 16.8. The molecule has 3 heterocycles. The van der Waals surface area contributed by atoms with Crippen molar-refractivity contribution in [2.24, 2.45) is 0 Å². The van der Waals surface area contributed by atoms with Crippen molar-refractivity contribution in [1.29, 1.82) is 0 Å². The third-order valence-corrected chi connectivity index (χ3v) is 10.3. The number of fused-ring (bicyclic) bond motifs is 7. The minimum absolute atomic E-state index is 0.607. The van der Waals surface area contributed by atoms with Gasteiger partial charge in [0.05, 0.1) is 0 Å². The largest absolute Gasteiger partial charge is 0.456 e. The molecule has 0 unspecified atom stereocenters. The van der Waals surface area contributed by atoms with Crippen LogP contribution in [0.25, 0.3) is 98.2 Å². The Kier molecular flexibility index (Phi) is 6.01. The maximum absolute atomic E-state index is 6.28. The zero-order valence-electron chi connectivity index (χ0n) is 25.6. The first-order valence-electron chi connectivity index (χ1n) is 15.9. The third kappa shape index (κ3) is 4.33. The second kappa shape index (κ2) is 10.7. The molecule has 0 saturated carbocycles. The summed E-state index contributed by atoms with van der Waals surface area (Å²) in [6.07, 6.45) is 0. The van der Waals surface area contributed by atoms with Gasteiger partial charge in [0.25, 0.3) is 0 Å². The molecule has 0 amide bonds. The highest BCUT2D eigenvalue weighted by Gasteiger charge is 2.20. The van der Waals surface area contributed by atoms with Gasteiger partial charge in [0, 0.05) is 47.6 Å². The summed E-state index contributed by atoms with van der Waals surface area (Å²) in [5.74, 6) is 1.86. The highest BCUT2D eigenvalue weighted by molar-refractivity contribution is 7.25. The fourth-order valence-electron chi connectivity index (χ4n) is 6.85. The minimum atomic E-state index is 0.607. The molecule has 0 N–H and O–H groups in total. The molecule has 5 heteroatoms. The molecule has 48 heavy (non-hydrogen) atoms. The van der Waals surface area contributed by atoms with Crippen molar-refractivity contribution in [3.63, 3.8) is 0 Å².